The van der Waals surface area contributed by atoms with Gasteiger partial charge in [0, 0.05) is 23.5 Å². The fourth-order valence-corrected chi connectivity index (χ4v) is 3.23. The fraction of sp³-hybridized carbons (Fsp3) is 0.182. The summed E-state index contributed by atoms with van der Waals surface area (Å²) in [7, 11) is 1.65. The molecule has 2 heterocycles. The number of ether oxygens (including phenoxy) is 1. The first-order chi connectivity index (χ1) is 14.6. The molecular formula is C22H22N6O2. The van der Waals surface area contributed by atoms with E-state index in [0.29, 0.717) is 12.1 Å². The van der Waals surface area contributed by atoms with Gasteiger partial charge in [0.05, 0.1) is 25.4 Å². The van der Waals surface area contributed by atoms with Crippen molar-refractivity contribution in [3.63, 3.8) is 0 Å². The molecule has 0 saturated heterocycles. The van der Waals surface area contributed by atoms with Gasteiger partial charge in [-0.2, -0.15) is 10.2 Å². The van der Waals surface area contributed by atoms with Crippen LogP contribution in [0, 0.1) is 0 Å². The third kappa shape index (κ3) is 4.22. The predicted octanol–water partition coefficient (Wildman–Crippen LogP) is 3.01. The molecule has 152 valence electrons. The van der Waals surface area contributed by atoms with Gasteiger partial charge in [0.2, 0.25) is 0 Å². The molecule has 0 saturated carbocycles. The first-order valence-electron chi connectivity index (χ1n) is 9.54. The molecule has 0 unspecified atom stereocenters. The maximum absolute atomic E-state index is 12.7. The Hall–Kier alpha value is -3.94. The summed E-state index contributed by atoms with van der Waals surface area (Å²) in [4.78, 5) is 16.6. The van der Waals surface area contributed by atoms with E-state index in [1.807, 2.05) is 54.2 Å². The third-order valence-corrected chi connectivity index (χ3v) is 4.86. The number of amides is 1. The SMILES string of the molecule is COc1ccc([C@H](C)NC(=O)c2ccc(-n3cncn3)cc2)cc1Cn1cccn1. The van der Waals surface area contributed by atoms with Gasteiger partial charge in [-0.05, 0) is 55.0 Å². The fourth-order valence-electron chi connectivity index (χ4n) is 3.23. The van der Waals surface area contributed by atoms with Crippen molar-refractivity contribution in [2.24, 2.45) is 0 Å². The molecule has 1 atom stereocenters. The average Bonchev–Trinajstić information content (AvgIpc) is 3.48. The number of carbonyl (C=O) groups excluding carboxylic acids is 1. The molecule has 1 N–H and O–H groups in total. The largest absolute Gasteiger partial charge is 0.496 e. The molecule has 2 aromatic carbocycles. The molecule has 4 rings (SSSR count). The Kier molecular flexibility index (Phi) is 5.56. The van der Waals surface area contributed by atoms with Crippen LogP contribution in [-0.4, -0.2) is 37.6 Å². The Bertz CT molecular complexity index is 1110. The number of nitrogens with one attached hydrogen (secondary N) is 1. The van der Waals surface area contributed by atoms with Crippen LogP contribution in [0.1, 0.15) is 34.5 Å². The summed E-state index contributed by atoms with van der Waals surface area (Å²) >= 11 is 0. The highest BCUT2D eigenvalue weighted by atomic mass is 16.5. The molecule has 0 bridgehead atoms. The Morgan fingerprint density at radius 2 is 2.00 bits per heavy atom. The number of hydrogen-bond acceptors (Lipinski definition) is 5. The van der Waals surface area contributed by atoms with E-state index in [0.717, 1.165) is 22.6 Å². The molecule has 4 aromatic rings. The number of nitrogens with zero attached hydrogens (tertiary/aromatic N) is 5. The van der Waals surface area contributed by atoms with Crippen molar-refractivity contribution in [1.29, 1.82) is 0 Å². The molecule has 0 aliphatic heterocycles. The van der Waals surface area contributed by atoms with Crippen LogP contribution in [0.25, 0.3) is 5.69 Å². The Labute approximate surface area is 174 Å². The van der Waals surface area contributed by atoms with Gasteiger partial charge in [-0.15, -0.1) is 0 Å². The lowest BCUT2D eigenvalue weighted by Crippen LogP contribution is -2.26. The zero-order valence-corrected chi connectivity index (χ0v) is 16.8. The third-order valence-electron chi connectivity index (χ3n) is 4.86. The highest BCUT2D eigenvalue weighted by Crippen LogP contribution is 2.24. The predicted molar refractivity (Wildman–Crippen MR) is 112 cm³/mol. The summed E-state index contributed by atoms with van der Waals surface area (Å²) in [5, 5.41) is 11.4. The van der Waals surface area contributed by atoms with Gasteiger partial charge in [0.1, 0.15) is 18.4 Å². The molecule has 8 heteroatoms. The highest BCUT2D eigenvalue weighted by Gasteiger charge is 2.14. The second-order valence-corrected chi connectivity index (χ2v) is 6.86. The van der Waals surface area contributed by atoms with E-state index in [-0.39, 0.29) is 11.9 Å². The van der Waals surface area contributed by atoms with Crippen LogP contribution < -0.4 is 10.1 Å². The minimum atomic E-state index is -0.172. The topological polar surface area (TPSA) is 86.9 Å². The van der Waals surface area contributed by atoms with Crippen LogP contribution in [0.15, 0.2) is 73.6 Å². The maximum atomic E-state index is 12.7. The van der Waals surface area contributed by atoms with Gasteiger partial charge in [-0.1, -0.05) is 6.07 Å². The second-order valence-electron chi connectivity index (χ2n) is 6.86. The summed E-state index contributed by atoms with van der Waals surface area (Å²) in [6.45, 7) is 2.55. The second kappa shape index (κ2) is 8.60. The molecule has 30 heavy (non-hydrogen) atoms. The number of aromatic nitrogens is 5. The molecule has 8 nitrogen and oxygen atoms in total. The molecule has 0 fully saturated rings. The number of rotatable bonds is 7. The quantitative estimate of drug-likeness (QED) is 0.513. The van der Waals surface area contributed by atoms with Crippen LogP contribution in [0.4, 0.5) is 0 Å². The molecule has 0 aliphatic carbocycles. The maximum Gasteiger partial charge on any atom is 0.251 e. The van der Waals surface area contributed by atoms with Crippen molar-refractivity contribution in [3.8, 4) is 11.4 Å². The minimum Gasteiger partial charge on any atom is -0.496 e. The van der Waals surface area contributed by atoms with Gasteiger partial charge in [0.15, 0.2) is 0 Å². The minimum absolute atomic E-state index is 0.142. The molecular weight excluding hydrogens is 380 g/mol. The van der Waals surface area contributed by atoms with Gasteiger partial charge in [-0.3, -0.25) is 9.48 Å². The van der Waals surface area contributed by atoms with Gasteiger partial charge in [-0.25, -0.2) is 9.67 Å². The zero-order valence-electron chi connectivity index (χ0n) is 16.8. The number of methoxy groups -OCH3 is 1. The van der Waals surface area contributed by atoms with E-state index in [1.54, 1.807) is 36.4 Å². The van der Waals surface area contributed by atoms with Crippen LogP contribution >= 0.6 is 0 Å². The van der Waals surface area contributed by atoms with E-state index >= 15 is 0 Å². The normalized spacial score (nSPS) is 11.8. The first-order valence-corrected chi connectivity index (χ1v) is 9.54. The van der Waals surface area contributed by atoms with Crippen molar-refractivity contribution < 1.29 is 9.53 Å². The number of carbonyl (C=O) groups is 1. The van der Waals surface area contributed by atoms with Crippen LogP contribution in [-0.2, 0) is 6.54 Å². The Morgan fingerprint density at radius 3 is 2.67 bits per heavy atom. The summed E-state index contributed by atoms with van der Waals surface area (Å²) in [6.07, 6.45) is 6.73. The van der Waals surface area contributed by atoms with Gasteiger partial charge in [0.25, 0.3) is 5.91 Å². The van der Waals surface area contributed by atoms with Crippen molar-refractivity contribution in [1.82, 2.24) is 29.9 Å². The lowest BCUT2D eigenvalue weighted by Gasteiger charge is -2.17. The first kappa shape index (κ1) is 19.4. The van der Waals surface area contributed by atoms with Gasteiger partial charge < -0.3 is 10.1 Å². The monoisotopic (exact) mass is 402 g/mol. The lowest BCUT2D eigenvalue weighted by atomic mass is 10.0. The lowest BCUT2D eigenvalue weighted by molar-refractivity contribution is 0.0940. The zero-order chi connectivity index (χ0) is 20.9. The van der Waals surface area contributed by atoms with E-state index in [2.05, 4.69) is 20.5 Å². The number of hydrogen-bond donors (Lipinski definition) is 1. The molecule has 0 spiro atoms. The van der Waals surface area contributed by atoms with Crippen LogP contribution in [0.5, 0.6) is 5.75 Å². The highest BCUT2D eigenvalue weighted by molar-refractivity contribution is 5.94. The standard InChI is InChI=1S/C22H22N6O2/c1-16(18-6-9-21(30-2)19(12-18)13-27-11-3-10-24-27)26-22(29)17-4-7-20(8-5-17)28-15-23-14-25-28/h3-12,14-16H,13H2,1-2H3,(H,26,29)/t16-/m0/s1. The summed E-state index contributed by atoms with van der Waals surface area (Å²) in [5.74, 6) is 0.647. The summed E-state index contributed by atoms with van der Waals surface area (Å²) in [6, 6.07) is 14.9. The molecule has 1 amide bonds. The number of benzene rings is 2. The molecule has 0 aliphatic rings. The summed E-state index contributed by atoms with van der Waals surface area (Å²) < 4.78 is 8.96. The Balaban J connectivity index is 1.47. The Morgan fingerprint density at radius 1 is 1.17 bits per heavy atom. The molecule has 0 radical (unpaired) electrons. The van der Waals surface area contributed by atoms with E-state index in [4.69, 9.17) is 4.74 Å². The van der Waals surface area contributed by atoms with Gasteiger partial charge >= 0.3 is 0 Å². The average molecular weight is 402 g/mol. The van der Waals surface area contributed by atoms with E-state index in [1.165, 1.54) is 6.33 Å². The van der Waals surface area contributed by atoms with Crippen molar-refractivity contribution in [3.05, 3.63) is 90.3 Å². The van der Waals surface area contributed by atoms with Crippen LogP contribution in [0.2, 0.25) is 0 Å². The summed E-state index contributed by atoms with van der Waals surface area (Å²) in [5.41, 5.74) is 3.41. The van der Waals surface area contributed by atoms with Crippen LogP contribution in [0.3, 0.4) is 0 Å². The van der Waals surface area contributed by atoms with E-state index < -0.39 is 0 Å². The van der Waals surface area contributed by atoms with Crippen molar-refractivity contribution in [2.45, 2.75) is 19.5 Å². The molecule has 2 aromatic heterocycles. The van der Waals surface area contributed by atoms with Crippen molar-refractivity contribution in [2.75, 3.05) is 7.11 Å². The van der Waals surface area contributed by atoms with Crippen molar-refractivity contribution >= 4 is 5.91 Å². The van der Waals surface area contributed by atoms with E-state index in [9.17, 15) is 4.79 Å². The smallest absolute Gasteiger partial charge is 0.251 e.